The molecule has 0 aliphatic heterocycles. The molecule has 2 aromatic carbocycles. The fourth-order valence-electron chi connectivity index (χ4n) is 3.02. The van der Waals surface area contributed by atoms with E-state index in [9.17, 15) is 26.3 Å². The molecule has 3 rings (SSSR count). The smallest absolute Gasteiger partial charge is 0.406 e. The van der Waals surface area contributed by atoms with Crippen LogP contribution in [-0.2, 0) is 6.18 Å². The Morgan fingerprint density at radius 1 is 0.971 bits per heavy atom. The number of nitrogens with zero attached hydrogens (tertiary/aromatic N) is 2. The van der Waals surface area contributed by atoms with Crippen molar-refractivity contribution in [3.05, 3.63) is 59.7 Å². The van der Waals surface area contributed by atoms with Crippen molar-refractivity contribution in [3.63, 3.8) is 0 Å². The molecular formula is C22H20F6N4O2. The Kier molecular flexibility index (Phi) is 7.50. The molecule has 0 unspecified atom stereocenters. The minimum atomic E-state index is -4.88. The summed E-state index contributed by atoms with van der Waals surface area (Å²) in [5.41, 5.74) is -0.200. The van der Waals surface area contributed by atoms with Crippen LogP contribution >= 0.6 is 0 Å². The SMILES string of the molecule is Cc1ccc(Nc2cc(-c3cccc(OC(F)(F)F)c3)nc(NCCCO)n2)cc1C(F)(F)F. The lowest BCUT2D eigenvalue weighted by molar-refractivity contribution is -0.274. The van der Waals surface area contributed by atoms with Crippen molar-refractivity contribution in [2.24, 2.45) is 0 Å². The molecule has 34 heavy (non-hydrogen) atoms. The van der Waals surface area contributed by atoms with E-state index in [1.165, 1.54) is 37.3 Å². The highest BCUT2D eigenvalue weighted by molar-refractivity contribution is 5.68. The van der Waals surface area contributed by atoms with Gasteiger partial charge >= 0.3 is 12.5 Å². The van der Waals surface area contributed by atoms with Crippen molar-refractivity contribution in [2.45, 2.75) is 25.9 Å². The lowest BCUT2D eigenvalue weighted by Gasteiger charge is -2.15. The molecular weight excluding hydrogens is 466 g/mol. The van der Waals surface area contributed by atoms with Gasteiger partial charge in [-0.05, 0) is 43.2 Å². The fraction of sp³-hybridized carbons (Fsp3) is 0.273. The first-order valence-corrected chi connectivity index (χ1v) is 9.99. The van der Waals surface area contributed by atoms with Crippen LogP contribution in [0.5, 0.6) is 5.75 Å². The molecule has 3 aromatic rings. The number of hydrogen-bond acceptors (Lipinski definition) is 6. The zero-order chi connectivity index (χ0) is 24.9. The Morgan fingerprint density at radius 2 is 1.74 bits per heavy atom. The molecule has 0 radical (unpaired) electrons. The Hall–Kier alpha value is -3.54. The van der Waals surface area contributed by atoms with Gasteiger partial charge in [-0.2, -0.15) is 18.2 Å². The lowest BCUT2D eigenvalue weighted by Crippen LogP contribution is -2.17. The van der Waals surface area contributed by atoms with E-state index in [0.717, 1.165) is 18.2 Å². The van der Waals surface area contributed by atoms with Crippen molar-refractivity contribution in [2.75, 3.05) is 23.8 Å². The summed E-state index contributed by atoms with van der Waals surface area (Å²) in [6.07, 6.45) is -9.05. The van der Waals surface area contributed by atoms with Crippen molar-refractivity contribution in [1.29, 1.82) is 0 Å². The number of ether oxygens (including phenoxy) is 1. The van der Waals surface area contributed by atoms with Gasteiger partial charge in [0.1, 0.15) is 11.6 Å². The number of aliphatic hydroxyl groups excluding tert-OH is 1. The summed E-state index contributed by atoms with van der Waals surface area (Å²) in [7, 11) is 0. The number of alkyl halides is 6. The Labute approximate surface area is 190 Å². The van der Waals surface area contributed by atoms with Crippen molar-refractivity contribution < 1.29 is 36.2 Å². The van der Waals surface area contributed by atoms with E-state index in [0.29, 0.717) is 13.0 Å². The Bertz CT molecular complexity index is 1140. The maximum atomic E-state index is 13.3. The first-order valence-electron chi connectivity index (χ1n) is 9.99. The van der Waals surface area contributed by atoms with Crippen LogP contribution in [0.15, 0.2) is 48.5 Å². The molecule has 3 N–H and O–H groups in total. The summed E-state index contributed by atoms with van der Waals surface area (Å²) in [4.78, 5) is 8.48. The summed E-state index contributed by atoms with van der Waals surface area (Å²) >= 11 is 0. The van der Waals surface area contributed by atoms with Crippen molar-refractivity contribution >= 4 is 17.5 Å². The second-order valence-corrected chi connectivity index (χ2v) is 7.19. The van der Waals surface area contributed by atoms with Gasteiger partial charge in [0.25, 0.3) is 0 Å². The van der Waals surface area contributed by atoms with Crippen LogP contribution in [0.25, 0.3) is 11.3 Å². The molecule has 1 heterocycles. The standard InChI is InChI=1S/C22H20F6N4O2/c1-13-6-7-15(11-17(13)21(23,24)25)30-19-12-18(31-20(32-19)29-8-3-9-33)14-4-2-5-16(10-14)34-22(26,27)28/h2,4-7,10-12,33H,3,8-9H2,1H3,(H2,29,30,31,32). The van der Waals surface area contributed by atoms with Crippen LogP contribution in [0, 0.1) is 6.92 Å². The normalized spacial score (nSPS) is 11.9. The summed E-state index contributed by atoms with van der Waals surface area (Å²) in [6, 6.07) is 10.2. The van der Waals surface area contributed by atoms with Crippen LogP contribution < -0.4 is 15.4 Å². The van der Waals surface area contributed by atoms with Crippen molar-refractivity contribution in [1.82, 2.24) is 9.97 Å². The number of hydrogen-bond donors (Lipinski definition) is 3. The van der Waals surface area contributed by atoms with Gasteiger partial charge in [-0.1, -0.05) is 18.2 Å². The number of aryl methyl sites for hydroxylation is 1. The maximum Gasteiger partial charge on any atom is 0.573 e. The van der Waals surface area contributed by atoms with E-state index < -0.39 is 23.9 Å². The molecule has 0 aliphatic rings. The van der Waals surface area contributed by atoms with Crippen molar-refractivity contribution in [3.8, 4) is 17.0 Å². The van der Waals surface area contributed by atoms with Crippen LogP contribution in [0.3, 0.4) is 0 Å². The first-order chi connectivity index (χ1) is 15.9. The monoisotopic (exact) mass is 486 g/mol. The van der Waals surface area contributed by atoms with E-state index >= 15 is 0 Å². The molecule has 0 saturated carbocycles. The highest BCUT2D eigenvalue weighted by Gasteiger charge is 2.33. The average molecular weight is 486 g/mol. The van der Waals surface area contributed by atoms with Gasteiger partial charge < -0.3 is 20.5 Å². The molecule has 6 nitrogen and oxygen atoms in total. The molecule has 0 fully saturated rings. The van der Waals surface area contributed by atoms with E-state index in [2.05, 4.69) is 25.3 Å². The zero-order valence-corrected chi connectivity index (χ0v) is 17.8. The largest absolute Gasteiger partial charge is 0.573 e. The van der Waals surface area contributed by atoms with Gasteiger partial charge in [0, 0.05) is 30.5 Å². The molecule has 0 atom stereocenters. The van der Waals surface area contributed by atoms with Gasteiger partial charge in [-0.25, -0.2) is 4.98 Å². The number of halogens is 6. The van der Waals surface area contributed by atoms with Crippen LogP contribution in [0.1, 0.15) is 17.5 Å². The summed E-state index contributed by atoms with van der Waals surface area (Å²) < 4.78 is 81.5. The van der Waals surface area contributed by atoms with E-state index in [4.69, 9.17) is 5.11 Å². The van der Waals surface area contributed by atoms with E-state index in [1.807, 2.05) is 0 Å². The lowest BCUT2D eigenvalue weighted by atomic mass is 10.1. The number of aromatic nitrogens is 2. The maximum absolute atomic E-state index is 13.3. The van der Waals surface area contributed by atoms with E-state index in [1.54, 1.807) is 0 Å². The van der Waals surface area contributed by atoms with Gasteiger partial charge in [0.05, 0.1) is 11.3 Å². The van der Waals surface area contributed by atoms with Gasteiger partial charge in [0.15, 0.2) is 0 Å². The second kappa shape index (κ2) is 10.2. The first kappa shape index (κ1) is 25.1. The summed E-state index contributed by atoms with van der Waals surface area (Å²) in [5, 5.41) is 14.6. The molecule has 182 valence electrons. The molecule has 12 heteroatoms. The second-order valence-electron chi connectivity index (χ2n) is 7.19. The van der Waals surface area contributed by atoms with Gasteiger partial charge in [-0.15, -0.1) is 13.2 Å². The zero-order valence-electron chi connectivity index (χ0n) is 17.8. The molecule has 0 bridgehead atoms. The highest BCUT2D eigenvalue weighted by atomic mass is 19.4. The number of anilines is 3. The summed E-state index contributed by atoms with van der Waals surface area (Å²) in [5.74, 6) is -0.282. The van der Waals surface area contributed by atoms with Gasteiger partial charge in [0.2, 0.25) is 5.95 Å². The van der Waals surface area contributed by atoms with Crippen LogP contribution in [0.4, 0.5) is 43.8 Å². The molecule has 0 amide bonds. The molecule has 0 spiro atoms. The molecule has 0 saturated heterocycles. The average Bonchev–Trinajstić information content (AvgIpc) is 2.73. The van der Waals surface area contributed by atoms with Crippen LogP contribution in [-0.4, -0.2) is 34.6 Å². The minimum Gasteiger partial charge on any atom is -0.406 e. The number of aliphatic hydroxyl groups is 1. The Balaban J connectivity index is 1.98. The number of rotatable bonds is 8. The third-order valence-corrected chi connectivity index (χ3v) is 4.52. The molecule has 1 aromatic heterocycles. The van der Waals surface area contributed by atoms with Crippen LogP contribution in [0.2, 0.25) is 0 Å². The minimum absolute atomic E-state index is 0.0502. The number of benzene rings is 2. The quantitative estimate of drug-likeness (QED) is 0.272. The predicted octanol–water partition coefficient (Wildman–Crippen LogP) is 5.91. The topological polar surface area (TPSA) is 79.3 Å². The van der Waals surface area contributed by atoms with E-state index in [-0.39, 0.29) is 40.9 Å². The fourth-order valence-corrected chi connectivity index (χ4v) is 3.02. The summed E-state index contributed by atoms with van der Waals surface area (Å²) in [6.45, 7) is 1.53. The Morgan fingerprint density at radius 3 is 2.41 bits per heavy atom. The van der Waals surface area contributed by atoms with Gasteiger partial charge in [-0.3, -0.25) is 0 Å². The molecule has 0 aliphatic carbocycles. The third-order valence-electron chi connectivity index (χ3n) is 4.52. The third kappa shape index (κ3) is 6.98. The number of nitrogens with one attached hydrogen (secondary N) is 2. The highest BCUT2D eigenvalue weighted by Crippen LogP contribution is 2.34. The predicted molar refractivity (Wildman–Crippen MR) is 114 cm³/mol.